The summed E-state index contributed by atoms with van der Waals surface area (Å²) >= 11 is 1.33. The molecular formula is C20H15N3O5S. The Morgan fingerprint density at radius 1 is 1.21 bits per heavy atom. The number of methoxy groups -OCH3 is 1. The minimum absolute atomic E-state index is 0.00300. The molecule has 4 aromatic rings. The highest BCUT2D eigenvalue weighted by molar-refractivity contribution is 7.22. The smallest absolute Gasteiger partial charge is 0.293 e. The summed E-state index contributed by atoms with van der Waals surface area (Å²) in [4.78, 5) is 27.4. The third-order valence-corrected chi connectivity index (χ3v) is 5.27. The Kier molecular flexibility index (Phi) is 4.73. The number of carbonyl (C=O) groups excluding carboxylic acids is 1. The number of hydrogen-bond donors (Lipinski definition) is 1. The van der Waals surface area contributed by atoms with Gasteiger partial charge in [0.1, 0.15) is 11.5 Å². The SMILES string of the molecule is COc1ccc2nc(NC(=O)c3ccc(-c4ccc([N+](=O)[O-])cc4C)o3)sc2c1. The van der Waals surface area contributed by atoms with Crippen LogP contribution in [-0.4, -0.2) is 22.9 Å². The molecule has 0 spiro atoms. The Hall–Kier alpha value is -3.72. The van der Waals surface area contributed by atoms with E-state index in [4.69, 9.17) is 9.15 Å². The molecule has 1 amide bonds. The lowest BCUT2D eigenvalue weighted by Gasteiger charge is -2.02. The van der Waals surface area contributed by atoms with E-state index in [1.165, 1.54) is 23.5 Å². The zero-order valence-electron chi connectivity index (χ0n) is 15.5. The first-order valence-electron chi connectivity index (χ1n) is 8.56. The van der Waals surface area contributed by atoms with E-state index in [-0.39, 0.29) is 11.4 Å². The van der Waals surface area contributed by atoms with Gasteiger partial charge in [-0.25, -0.2) is 4.98 Å². The zero-order chi connectivity index (χ0) is 20.5. The predicted octanol–water partition coefficient (Wildman–Crippen LogP) is 5.03. The van der Waals surface area contributed by atoms with Crippen LogP contribution < -0.4 is 10.1 Å². The van der Waals surface area contributed by atoms with E-state index in [2.05, 4.69) is 10.3 Å². The van der Waals surface area contributed by atoms with Crippen molar-refractivity contribution >= 4 is 38.3 Å². The Labute approximate surface area is 168 Å². The van der Waals surface area contributed by atoms with Gasteiger partial charge in [0.2, 0.25) is 0 Å². The van der Waals surface area contributed by atoms with Crippen LogP contribution in [0.4, 0.5) is 10.8 Å². The quantitative estimate of drug-likeness (QED) is 0.366. The molecule has 0 unspecified atom stereocenters. The Bertz CT molecular complexity index is 1240. The molecule has 146 valence electrons. The standard InChI is InChI=1S/C20H15N3O5S/c1-11-9-12(23(25)26)3-5-14(11)16-7-8-17(28-16)19(24)22-20-21-15-6-4-13(27-2)10-18(15)29-20/h3-10H,1-2H3,(H,21,22,24). The number of non-ortho nitro benzene ring substituents is 1. The average molecular weight is 409 g/mol. The van der Waals surface area contributed by atoms with Crippen LogP contribution in [0.3, 0.4) is 0 Å². The number of rotatable bonds is 5. The van der Waals surface area contributed by atoms with Gasteiger partial charge in [-0.2, -0.15) is 0 Å². The second-order valence-electron chi connectivity index (χ2n) is 6.23. The largest absolute Gasteiger partial charge is 0.497 e. The van der Waals surface area contributed by atoms with Gasteiger partial charge in [0.25, 0.3) is 11.6 Å². The molecule has 2 heterocycles. The van der Waals surface area contributed by atoms with Gasteiger partial charge in [0, 0.05) is 17.7 Å². The van der Waals surface area contributed by atoms with Crippen molar-refractivity contribution in [1.82, 2.24) is 4.98 Å². The van der Waals surface area contributed by atoms with Crippen molar-refractivity contribution < 1.29 is 18.9 Å². The van der Waals surface area contributed by atoms with Crippen LogP contribution in [0, 0.1) is 17.0 Å². The fourth-order valence-corrected chi connectivity index (χ4v) is 3.78. The number of fused-ring (bicyclic) bond motifs is 1. The molecular weight excluding hydrogens is 394 g/mol. The number of anilines is 1. The number of aromatic nitrogens is 1. The molecule has 0 bridgehead atoms. The molecule has 29 heavy (non-hydrogen) atoms. The van der Waals surface area contributed by atoms with Gasteiger partial charge < -0.3 is 9.15 Å². The fraction of sp³-hybridized carbons (Fsp3) is 0.100. The molecule has 0 radical (unpaired) electrons. The number of benzene rings is 2. The molecule has 0 saturated carbocycles. The van der Waals surface area contributed by atoms with Gasteiger partial charge in [-0.3, -0.25) is 20.2 Å². The van der Waals surface area contributed by atoms with E-state index < -0.39 is 10.8 Å². The van der Waals surface area contributed by atoms with E-state index in [9.17, 15) is 14.9 Å². The number of thiazole rings is 1. The Balaban J connectivity index is 1.55. The topological polar surface area (TPSA) is 108 Å². The summed E-state index contributed by atoms with van der Waals surface area (Å²) in [5.41, 5.74) is 2.12. The number of nitrogens with one attached hydrogen (secondary N) is 1. The second kappa shape index (κ2) is 7.36. The first-order valence-corrected chi connectivity index (χ1v) is 9.37. The van der Waals surface area contributed by atoms with Crippen LogP contribution in [-0.2, 0) is 0 Å². The molecule has 8 nitrogen and oxygen atoms in total. The maximum atomic E-state index is 12.5. The van der Waals surface area contributed by atoms with E-state index in [1.807, 2.05) is 12.1 Å². The van der Waals surface area contributed by atoms with E-state index in [0.717, 1.165) is 10.2 Å². The summed E-state index contributed by atoms with van der Waals surface area (Å²) in [5.74, 6) is 0.862. The molecule has 9 heteroatoms. The Morgan fingerprint density at radius 3 is 2.76 bits per heavy atom. The lowest BCUT2D eigenvalue weighted by Crippen LogP contribution is -2.10. The summed E-state index contributed by atoms with van der Waals surface area (Å²) in [6.45, 7) is 1.75. The highest BCUT2D eigenvalue weighted by atomic mass is 32.1. The second-order valence-corrected chi connectivity index (χ2v) is 7.26. The van der Waals surface area contributed by atoms with Crippen molar-refractivity contribution in [3.8, 4) is 17.1 Å². The maximum absolute atomic E-state index is 12.5. The number of hydrogen-bond acceptors (Lipinski definition) is 7. The minimum Gasteiger partial charge on any atom is -0.497 e. The van der Waals surface area contributed by atoms with Crippen molar-refractivity contribution in [3.63, 3.8) is 0 Å². The van der Waals surface area contributed by atoms with Crippen LogP contribution in [0.2, 0.25) is 0 Å². The molecule has 1 N–H and O–H groups in total. The van der Waals surface area contributed by atoms with Crippen molar-refractivity contribution in [2.45, 2.75) is 6.92 Å². The van der Waals surface area contributed by atoms with Gasteiger partial charge >= 0.3 is 0 Å². The van der Waals surface area contributed by atoms with Crippen LogP contribution in [0.15, 0.2) is 52.9 Å². The number of furan rings is 1. The fourth-order valence-electron chi connectivity index (χ4n) is 2.89. The Morgan fingerprint density at radius 2 is 2.03 bits per heavy atom. The van der Waals surface area contributed by atoms with Crippen molar-refractivity contribution in [3.05, 3.63) is 70.0 Å². The summed E-state index contributed by atoms with van der Waals surface area (Å²) in [5, 5.41) is 14.1. The highest BCUT2D eigenvalue weighted by Gasteiger charge is 2.17. The van der Waals surface area contributed by atoms with E-state index in [1.54, 1.807) is 38.3 Å². The number of nitrogens with zero attached hydrogens (tertiary/aromatic N) is 2. The number of nitro groups is 1. The number of nitro benzene ring substituents is 1. The van der Waals surface area contributed by atoms with Gasteiger partial charge in [0.15, 0.2) is 10.9 Å². The number of aryl methyl sites for hydroxylation is 1. The molecule has 0 atom stereocenters. The third kappa shape index (κ3) is 3.67. The van der Waals surface area contributed by atoms with Crippen molar-refractivity contribution in [1.29, 1.82) is 0 Å². The molecule has 0 aliphatic carbocycles. The van der Waals surface area contributed by atoms with E-state index in [0.29, 0.717) is 27.8 Å². The molecule has 0 aliphatic rings. The summed E-state index contributed by atoms with van der Waals surface area (Å²) in [6, 6.07) is 13.2. The van der Waals surface area contributed by atoms with Gasteiger partial charge in [-0.15, -0.1) is 0 Å². The molecule has 0 fully saturated rings. The van der Waals surface area contributed by atoms with Crippen LogP contribution in [0.5, 0.6) is 5.75 Å². The third-order valence-electron chi connectivity index (χ3n) is 4.33. The van der Waals surface area contributed by atoms with Crippen molar-refractivity contribution in [2.24, 2.45) is 0 Å². The average Bonchev–Trinajstić information content (AvgIpc) is 3.33. The molecule has 2 aromatic carbocycles. The van der Waals surface area contributed by atoms with Gasteiger partial charge in [0.05, 0.1) is 22.2 Å². The lowest BCUT2D eigenvalue weighted by molar-refractivity contribution is -0.384. The first kappa shape index (κ1) is 18.6. The highest BCUT2D eigenvalue weighted by Crippen LogP contribution is 2.31. The minimum atomic E-state index is -0.453. The number of amides is 1. The first-order chi connectivity index (χ1) is 13.9. The van der Waals surface area contributed by atoms with Crippen molar-refractivity contribution in [2.75, 3.05) is 12.4 Å². The molecule has 0 aliphatic heterocycles. The summed E-state index contributed by atoms with van der Waals surface area (Å²) in [7, 11) is 1.59. The maximum Gasteiger partial charge on any atom is 0.293 e. The molecule has 0 saturated heterocycles. The number of ether oxygens (including phenoxy) is 1. The summed E-state index contributed by atoms with van der Waals surface area (Å²) in [6.07, 6.45) is 0. The van der Waals surface area contributed by atoms with Gasteiger partial charge in [-0.05, 0) is 48.9 Å². The molecule has 4 rings (SSSR count). The van der Waals surface area contributed by atoms with E-state index >= 15 is 0 Å². The van der Waals surface area contributed by atoms with Gasteiger partial charge in [-0.1, -0.05) is 11.3 Å². The van der Waals surface area contributed by atoms with Crippen LogP contribution in [0.25, 0.3) is 21.5 Å². The molecule has 2 aromatic heterocycles. The summed E-state index contributed by atoms with van der Waals surface area (Å²) < 4.78 is 11.8. The zero-order valence-corrected chi connectivity index (χ0v) is 16.3. The van der Waals surface area contributed by atoms with Crippen LogP contribution in [0.1, 0.15) is 16.1 Å². The monoisotopic (exact) mass is 409 g/mol. The normalized spacial score (nSPS) is 10.8. The predicted molar refractivity (Wildman–Crippen MR) is 110 cm³/mol. The van der Waals surface area contributed by atoms with Crippen LogP contribution >= 0.6 is 11.3 Å². The number of carbonyl (C=O) groups is 1. The lowest BCUT2D eigenvalue weighted by atomic mass is 10.1.